The van der Waals surface area contributed by atoms with E-state index in [0.717, 1.165) is 25.9 Å². The van der Waals surface area contributed by atoms with Gasteiger partial charge < -0.3 is 15.0 Å². The fourth-order valence-electron chi connectivity index (χ4n) is 1.51. The Labute approximate surface area is 114 Å². The lowest BCUT2D eigenvalue weighted by atomic mass is 10.3. The SMILES string of the molecule is CCOC(=O)c1ccc(NCCCCN(C)C)nn1. The number of rotatable bonds is 8. The van der Waals surface area contributed by atoms with Gasteiger partial charge in [-0.3, -0.25) is 0 Å². The highest BCUT2D eigenvalue weighted by atomic mass is 16.5. The molecular weight excluding hydrogens is 244 g/mol. The first-order chi connectivity index (χ1) is 9.13. The second-order valence-electron chi connectivity index (χ2n) is 4.46. The van der Waals surface area contributed by atoms with E-state index in [9.17, 15) is 4.79 Å². The maximum atomic E-state index is 11.4. The lowest BCUT2D eigenvalue weighted by Crippen LogP contribution is -2.14. The number of unbranched alkanes of at least 4 members (excludes halogenated alkanes) is 1. The van der Waals surface area contributed by atoms with Crippen molar-refractivity contribution in [2.24, 2.45) is 0 Å². The van der Waals surface area contributed by atoms with Crippen LogP contribution in [0.15, 0.2) is 12.1 Å². The topological polar surface area (TPSA) is 67.3 Å². The molecule has 1 aromatic heterocycles. The van der Waals surface area contributed by atoms with Crippen LogP contribution in [-0.4, -0.2) is 54.9 Å². The van der Waals surface area contributed by atoms with Crippen LogP contribution in [0, 0.1) is 0 Å². The molecule has 106 valence electrons. The molecule has 0 saturated carbocycles. The number of hydrogen-bond donors (Lipinski definition) is 1. The summed E-state index contributed by atoms with van der Waals surface area (Å²) in [6.45, 7) is 4.03. The summed E-state index contributed by atoms with van der Waals surface area (Å²) in [5.74, 6) is 0.241. The van der Waals surface area contributed by atoms with Crippen molar-refractivity contribution in [2.75, 3.05) is 39.1 Å². The number of esters is 1. The van der Waals surface area contributed by atoms with Crippen LogP contribution in [0.25, 0.3) is 0 Å². The van der Waals surface area contributed by atoms with E-state index in [2.05, 4.69) is 34.5 Å². The summed E-state index contributed by atoms with van der Waals surface area (Å²) in [7, 11) is 4.13. The first-order valence-electron chi connectivity index (χ1n) is 6.53. The minimum Gasteiger partial charge on any atom is -0.461 e. The second-order valence-corrected chi connectivity index (χ2v) is 4.46. The summed E-state index contributed by atoms with van der Waals surface area (Å²) in [5.41, 5.74) is 0.236. The van der Waals surface area contributed by atoms with Crippen molar-refractivity contribution in [1.82, 2.24) is 15.1 Å². The molecule has 0 aliphatic rings. The van der Waals surface area contributed by atoms with Crippen molar-refractivity contribution in [3.8, 4) is 0 Å². The molecule has 1 aromatic rings. The van der Waals surface area contributed by atoms with E-state index in [1.54, 1.807) is 19.1 Å². The molecule has 0 amide bonds. The van der Waals surface area contributed by atoms with Gasteiger partial charge >= 0.3 is 5.97 Å². The highest BCUT2D eigenvalue weighted by molar-refractivity contribution is 5.87. The van der Waals surface area contributed by atoms with E-state index in [1.165, 1.54) is 0 Å². The number of anilines is 1. The van der Waals surface area contributed by atoms with Crippen LogP contribution >= 0.6 is 0 Å². The molecule has 0 aliphatic heterocycles. The van der Waals surface area contributed by atoms with Crippen LogP contribution in [0.4, 0.5) is 5.82 Å². The molecule has 0 spiro atoms. The van der Waals surface area contributed by atoms with Crippen LogP contribution in [0.5, 0.6) is 0 Å². The van der Waals surface area contributed by atoms with Crippen LogP contribution in [-0.2, 0) is 4.74 Å². The monoisotopic (exact) mass is 266 g/mol. The standard InChI is InChI=1S/C13H22N4O2/c1-4-19-13(18)11-7-8-12(16-15-11)14-9-5-6-10-17(2)3/h7-8H,4-6,9-10H2,1-3H3,(H,14,16). The first-order valence-corrected chi connectivity index (χ1v) is 6.53. The maximum absolute atomic E-state index is 11.4. The molecule has 0 radical (unpaired) electrons. The lowest BCUT2D eigenvalue weighted by Gasteiger charge is -2.09. The van der Waals surface area contributed by atoms with Gasteiger partial charge in [0.25, 0.3) is 0 Å². The Balaban J connectivity index is 2.30. The zero-order valence-electron chi connectivity index (χ0n) is 11.8. The molecular formula is C13H22N4O2. The van der Waals surface area contributed by atoms with Gasteiger partial charge in [-0.1, -0.05) is 0 Å². The molecule has 1 heterocycles. The summed E-state index contributed by atoms with van der Waals surface area (Å²) in [6.07, 6.45) is 2.20. The van der Waals surface area contributed by atoms with Crippen LogP contribution in [0.1, 0.15) is 30.3 Å². The van der Waals surface area contributed by atoms with Gasteiger partial charge in [0.2, 0.25) is 0 Å². The molecule has 0 aromatic carbocycles. The predicted molar refractivity (Wildman–Crippen MR) is 74.3 cm³/mol. The molecule has 0 aliphatic carbocycles. The number of ether oxygens (including phenoxy) is 1. The molecule has 0 bridgehead atoms. The summed E-state index contributed by atoms with van der Waals surface area (Å²) < 4.78 is 4.84. The average Bonchev–Trinajstić information content (AvgIpc) is 2.39. The Hall–Kier alpha value is -1.69. The van der Waals surface area contributed by atoms with E-state index in [1.807, 2.05) is 0 Å². The summed E-state index contributed by atoms with van der Waals surface area (Å²) in [5, 5.41) is 10.9. The number of hydrogen-bond acceptors (Lipinski definition) is 6. The molecule has 0 fully saturated rings. The Morgan fingerprint density at radius 3 is 2.68 bits per heavy atom. The average molecular weight is 266 g/mol. The number of aromatic nitrogens is 2. The van der Waals surface area contributed by atoms with E-state index in [4.69, 9.17) is 4.74 Å². The number of carbonyl (C=O) groups excluding carboxylic acids is 1. The van der Waals surface area contributed by atoms with Crippen molar-refractivity contribution < 1.29 is 9.53 Å². The van der Waals surface area contributed by atoms with E-state index in [0.29, 0.717) is 12.4 Å². The zero-order chi connectivity index (χ0) is 14.1. The minimum absolute atomic E-state index is 0.236. The van der Waals surface area contributed by atoms with E-state index in [-0.39, 0.29) is 5.69 Å². The smallest absolute Gasteiger partial charge is 0.358 e. The molecule has 6 nitrogen and oxygen atoms in total. The Kier molecular flexibility index (Phi) is 6.81. The lowest BCUT2D eigenvalue weighted by molar-refractivity contribution is 0.0518. The fourth-order valence-corrected chi connectivity index (χ4v) is 1.51. The third-order valence-corrected chi connectivity index (χ3v) is 2.49. The minimum atomic E-state index is -0.437. The highest BCUT2D eigenvalue weighted by Gasteiger charge is 2.08. The van der Waals surface area contributed by atoms with Crippen molar-refractivity contribution >= 4 is 11.8 Å². The summed E-state index contributed by atoms with van der Waals surface area (Å²) >= 11 is 0. The van der Waals surface area contributed by atoms with Gasteiger partial charge in [-0.15, -0.1) is 10.2 Å². The van der Waals surface area contributed by atoms with Gasteiger partial charge in [0.15, 0.2) is 5.69 Å². The first kappa shape index (κ1) is 15.4. The molecule has 19 heavy (non-hydrogen) atoms. The predicted octanol–water partition coefficient (Wildman–Crippen LogP) is 1.41. The number of nitrogens with one attached hydrogen (secondary N) is 1. The van der Waals surface area contributed by atoms with Gasteiger partial charge in [0, 0.05) is 6.54 Å². The van der Waals surface area contributed by atoms with Crippen LogP contribution in [0.3, 0.4) is 0 Å². The van der Waals surface area contributed by atoms with Crippen LogP contribution in [0.2, 0.25) is 0 Å². The van der Waals surface area contributed by atoms with Crippen molar-refractivity contribution in [1.29, 1.82) is 0 Å². The maximum Gasteiger partial charge on any atom is 0.358 e. The van der Waals surface area contributed by atoms with Crippen molar-refractivity contribution in [3.05, 3.63) is 17.8 Å². The molecule has 6 heteroatoms. The third-order valence-electron chi connectivity index (χ3n) is 2.49. The van der Waals surface area contributed by atoms with Crippen LogP contribution < -0.4 is 5.32 Å². The van der Waals surface area contributed by atoms with Gasteiger partial charge in [0.1, 0.15) is 5.82 Å². The van der Waals surface area contributed by atoms with Crippen molar-refractivity contribution in [2.45, 2.75) is 19.8 Å². The Morgan fingerprint density at radius 2 is 2.11 bits per heavy atom. The quantitative estimate of drug-likeness (QED) is 0.567. The van der Waals surface area contributed by atoms with Gasteiger partial charge in [-0.05, 0) is 52.5 Å². The molecule has 1 rings (SSSR count). The Morgan fingerprint density at radius 1 is 1.32 bits per heavy atom. The summed E-state index contributed by atoms with van der Waals surface area (Å²) in [4.78, 5) is 13.5. The van der Waals surface area contributed by atoms with Gasteiger partial charge in [-0.2, -0.15) is 0 Å². The second kappa shape index (κ2) is 8.42. The molecule has 0 atom stereocenters. The largest absolute Gasteiger partial charge is 0.461 e. The molecule has 0 saturated heterocycles. The van der Waals surface area contributed by atoms with Gasteiger partial charge in [-0.25, -0.2) is 4.79 Å². The van der Waals surface area contributed by atoms with E-state index >= 15 is 0 Å². The molecule has 0 unspecified atom stereocenters. The van der Waals surface area contributed by atoms with Gasteiger partial charge in [0.05, 0.1) is 6.61 Å². The highest BCUT2D eigenvalue weighted by Crippen LogP contribution is 2.04. The normalized spacial score (nSPS) is 10.5. The Bertz CT molecular complexity index is 379. The molecule has 1 N–H and O–H groups in total. The van der Waals surface area contributed by atoms with Crippen molar-refractivity contribution in [3.63, 3.8) is 0 Å². The fraction of sp³-hybridized carbons (Fsp3) is 0.615. The zero-order valence-corrected chi connectivity index (χ0v) is 11.8. The number of nitrogens with zero attached hydrogens (tertiary/aromatic N) is 3. The third kappa shape index (κ3) is 6.15. The number of carbonyl (C=O) groups is 1. The van der Waals surface area contributed by atoms with E-state index < -0.39 is 5.97 Å². The summed E-state index contributed by atoms with van der Waals surface area (Å²) in [6, 6.07) is 3.36.